The molecule has 0 aromatic carbocycles. The first kappa shape index (κ1) is 12.3. The van der Waals surface area contributed by atoms with Crippen LogP contribution in [0.2, 0.25) is 0 Å². The third-order valence-electron chi connectivity index (χ3n) is 2.17. The lowest BCUT2D eigenvalue weighted by Gasteiger charge is -1.93. The number of aryl methyl sites for hydroxylation is 1. The maximum atomic E-state index is 8.38. The number of rotatable bonds is 3. The zero-order chi connectivity index (χ0) is 12.6. The molecule has 0 amide bonds. The van der Waals surface area contributed by atoms with Gasteiger partial charge in [-0.1, -0.05) is 17.1 Å². The van der Waals surface area contributed by atoms with E-state index in [0.717, 1.165) is 22.7 Å². The van der Waals surface area contributed by atoms with Crippen molar-refractivity contribution in [2.24, 2.45) is 5.16 Å². The Balaban J connectivity index is 1.88. The highest BCUT2D eigenvalue weighted by Crippen LogP contribution is 2.09. The summed E-state index contributed by atoms with van der Waals surface area (Å²) in [4.78, 5) is 8.94. The maximum absolute atomic E-state index is 8.38. The van der Waals surface area contributed by atoms with Gasteiger partial charge in [0.2, 0.25) is 0 Å². The number of thiazole rings is 1. The topological polar surface area (TPSA) is 58.4 Å². The highest BCUT2D eigenvalue weighted by atomic mass is 32.1. The van der Waals surface area contributed by atoms with Crippen molar-refractivity contribution in [2.45, 2.75) is 12.8 Å². The van der Waals surface area contributed by atoms with E-state index in [1.165, 1.54) is 23.1 Å². The van der Waals surface area contributed by atoms with Crippen LogP contribution in [0.4, 0.5) is 0 Å². The van der Waals surface area contributed by atoms with Gasteiger partial charge in [-0.15, -0.1) is 11.3 Å². The predicted octanol–water partition coefficient (Wildman–Crippen LogP) is 2.33. The van der Waals surface area contributed by atoms with Crippen LogP contribution in [0.15, 0.2) is 35.9 Å². The molecule has 0 aliphatic heterocycles. The molecule has 0 spiro atoms. The van der Waals surface area contributed by atoms with Crippen molar-refractivity contribution in [3.8, 4) is 11.8 Å². The molecular weight excluding hydrogens is 246 g/mol. The number of pyridine rings is 1. The van der Waals surface area contributed by atoms with Crippen LogP contribution in [0, 0.1) is 11.8 Å². The minimum absolute atomic E-state index is 0.732. The molecule has 18 heavy (non-hydrogen) atoms. The first-order valence-electron chi connectivity index (χ1n) is 5.39. The summed E-state index contributed by atoms with van der Waals surface area (Å²) in [6.45, 7) is 0. The Morgan fingerprint density at radius 3 is 3.17 bits per heavy atom. The summed E-state index contributed by atoms with van der Waals surface area (Å²) in [6, 6.07) is 3.96. The minimum atomic E-state index is 0.732. The molecule has 1 N–H and O–H groups in total. The van der Waals surface area contributed by atoms with Crippen LogP contribution in [-0.2, 0) is 6.42 Å². The van der Waals surface area contributed by atoms with Crippen molar-refractivity contribution < 1.29 is 5.21 Å². The summed E-state index contributed by atoms with van der Waals surface area (Å²) in [6.07, 6.45) is 8.25. The molecule has 0 bridgehead atoms. The van der Waals surface area contributed by atoms with Crippen LogP contribution in [0.1, 0.15) is 21.9 Å². The second-order valence-electron chi connectivity index (χ2n) is 3.48. The smallest absolute Gasteiger partial charge is 0.167 e. The van der Waals surface area contributed by atoms with Gasteiger partial charge in [-0.05, 0) is 24.0 Å². The van der Waals surface area contributed by atoms with Crippen molar-refractivity contribution in [3.05, 3.63) is 46.2 Å². The predicted molar refractivity (Wildman–Crippen MR) is 70.9 cm³/mol. The van der Waals surface area contributed by atoms with Gasteiger partial charge in [0.25, 0.3) is 0 Å². The lowest BCUT2D eigenvalue weighted by atomic mass is 10.2. The first-order chi connectivity index (χ1) is 8.88. The molecule has 2 rings (SSSR count). The molecule has 4 nitrogen and oxygen atoms in total. The van der Waals surface area contributed by atoms with Crippen molar-refractivity contribution in [2.75, 3.05) is 0 Å². The summed E-state index contributed by atoms with van der Waals surface area (Å²) in [7, 11) is 0. The van der Waals surface area contributed by atoms with Gasteiger partial charge in [0, 0.05) is 25.0 Å². The number of oxime groups is 1. The summed E-state index contributed by atoms with van der Waals surface area (Å²) in [5.74, 6) is 6.06. The van der Waals surface area contributed by atoms with Gasteiger partial charge in [0.1, 0.15) is 0 Å². The molecule has 0 atom stereocenters. The van der Waals surface area contributed by atoms with E-state index in [1.54, 1.807) is 12.4 Å². The third kappa shape index (κ3) is 3.68. The molecule has 0 aliphatic carbocycles. The van der Waals surface area contributed by atoms with E-state index in [4.69, 9.17) is 5.21 Å². The maximum Gasteiger partial charge on any atom is 0.167 e. The molecule has 0 radical (unpaired) electrons. The average Bonchev–Trinajstić information content (AvgIpc) is 2.84. The Morgan fingerprint density at radius 1 is 1.44 bits per heavy atom. The summed E-state index contributed by atoms with van der Waals surface area (Å²) in [5, 5.41) is 12.1. The quantitative estimate of drug-likeness (QED) is 0.397. The summed E-state index contributed by atoms with van der Waals surface area (Å²) >= 11 is 1.40. The molecule has 0 aliphatic rings. The Bertz CT molecular complexity index is 581. The van der Waals surface area contributed by atoms with Gasteiger partial charge in [0.15, 0.2) is 5.01 Å². The Morgan fingerprint density at radius 2 is 2.39 bits per heavy atom. The van der Waals surface area contributed by atoms with E-state index in [-0.39, 0.29) is 0 Å². The number of hydrogen-bond donors (Lipinski definition) is 1. The van der Waals surface area contributed by atoms with Gasteiger partial charge >= 0.3 is 0 Å². The molecule has 90 valence electrons. The fraction of sp³-hybridized carbons (Fsp3) is 0.154. The van der Waals surface area contributed by atoms with Crippen LogP contribution in [0.3, 0.4) is 0 Å². The molecule has 0 saturated carbocycles. The van der Waals surface area contributed by atoms with E-state index >= 15 is 0 Å². The first-order valence-corrected chi connectivity index (χ1v) is 6.21. The molecule has 5 heteroatoms. The standard InChI is InChI=1S/C13H11N3OS/c17-16-10-12-9-15-13(18-12)6-2-1-4-11-5-3-7-14-8-11/h3,5,7-10,17H,1,4H2/b16-10+. The molecule has 0 fully saturated rings. The largest absolute Gasteiger partial charge is 0.411 e. The van der Waals surface area contributed by atoms with Crippen LogP contribution in [0.25, 0.3) is 0 Å². The normalized spacial score (nSPS) is 10.2. The zero-order valence-corrected chi connectivity index (χ0v) is 10.4. The van der Waals surface area contributed by atoms with Crippen LogP contribution < -0.4 is 0 Å². The number of nitrogens with zero attached hydrogens (tertiary/aromatic N) is 3. The second-order valence-corrected chi connectivity index (χ2v) is 4.54. The fourth-order valence-corrected chi connectivity index (χ4v) is 2.01. The van der Waals surface area contributed by atoms with Crippen molar-refractivity contribution in [1.29, 1.82) is 0 Å². The van der Waals surface area contributed by atoms with Gasteiger partial charge in [-0.25, -0.2) is 4.98 Å². The third-order valence-corrected chi connectivity index (χ3v) is 3.01. The van der Waals surface area contributed by atoms with Crippen LogP contribution in [-0.4, -0.2) is 21.4 Å². The van der Waals surface area contributed by atoms with Gasteiger partial charge < -0.3 is 5.21 Å². The molecule has 2 aromatic heterocycles. The van der Waals surface area contributed by atoms with E-state index in [0.29, 0.717) is 0 Å². The average molecular weight is 257 g/mol. The summed E-state index contributed by atoms with van der Waals surface area (Å²) in [5.41, 5.74) is 1.18. The van der Waals surface area contributed by atoms with Gasteiger partial charge in [-0.3, -0.25) is 4.98 Å². The number of aromatic nitrogens is 2. The number of hydrogen-bond acceptors (Lipinski definition) is 5. The van der Waals surface area contributed by atoms with Crippen LogP contribution in [0.5, 0.6) is 0 Å². The van der Waals surface area contributed by atoms with Crippen LogP contribution >= 0.6 is 11.3 Å². The Kier molecular flexibility index (Phi) is 4.45. The van der Waals surface area contributed by atoms with Gasteiger partial charge in [-0.2, -0.15) is 0 Å². The SMILES string of the molecule is O/N=C/c1cnc(C#CCCc2cccnc2)s1. The van der Waals surface area contributed by atoms with Gasteiger partial charge in [0.05, 0.1) is 11.1 Å². The minimum Gasteiger partial charge on any atom is -0.411 e. The lowest BCUT2D eigenvalue weighted by Crippen LogP contribution is -1.83. The van der Waals surface area contributed by atoms with Crippen molar-refractivity contribution >= 4 is 17.6 Å². The molecular formula is C13H11N3OS. The molecule has 2 heterocycles. The van der Waals surface area contributed by atoms with E-state index in [1.807, 2.05) is 18.3 Å². The monoisotopic (exact) mass is 257 g/mol. The van der Waals surface area contributed by atoms with Crippen molar-refractivity contribution in [3.63, 3.8) is 0 Å². The van der Waals surface area contributed by atoms with E-state index in [9.17, 15) is 0 Å². The Hall–Kier alpha value is -2.19. The second kappa shape index (κ2) is 6.52. The zero-order valence-electron chi connectivity index (χ0n) is 9.58. The Labute approximate surface area is 109 Å². The van der Waals surface area contributed by atoms with E-state index < -0.39 is 0 Å². The highest BCUT2D eigenvalue weighted by Gasteiger charge is 1.95. The molecule has 2 aromatic rings. The molecule has 0 saturated heterocycles. The van der Waals surface area contributed by atoms with Crippen molar-refractivity contribution in [1.82, 2.24) is 9.97 Å². The van der Waals surface area contributed by atoms with E-state index in [2.05, 4.69) is 27.0 Å². The fourth-order valence-electron chi connectivity index (χ4n) is 1.35. The highest BCUT2D eigenvalue weighted by molar-refractivity contribution is 7.13. The summed E-state index contributed by atoms with van der Waals surface area (Å²) < 4.78 is 0. The molecule has 0 unspecified atom stereocenters. The lowest BCUT2D eigenvalue weighted by molar-refractivity contribution is 0.322.